The SMILES string of the molecule is CC(C)OC(=O)CCCCCCCOCc1ccccc1. The van der Waals surface area contributed by atoms with Crippen molar-refractivity contribution in [3.63, 3.8) is 0 Å². The highest BCUT2D eigenvalue weighted by atomic mass is 16.5. The zero-order chi connectivity index (χ0) is 15.3. The van der Waals surface area contributed by atoms with Gasteiger partial charge in [0.25, 0.3) is 0 Å². The summed E-state index contributed by atoms with van der Waals surface area (Å²) in [7, 11) is 0. The Labute approximate surface area is 128 Å². The molecule has 0 unspecified atom stereocenters. The molecule has 1 rings (SSSR count). The van der Waals surface area contributed by atoms with E-state index in [1.807, 2.05) is 32.0 Å². The lowest BCUT2D eigenvalue weighted by Crippen LogP contribution is -2.10. The maximum atomic E-state index is 11.3. The number of ether oxygens (including phenoxy) is 2. The largest absolute Gasteiger partial charge is 0.463 e. The Balaban J connectivity index is 1.86. The molecule has 21 heavy (non-hydrogen) atoms. The fourth-order valence-electron chi connectivity index (χ4n) is 2.09. The molecule has 0 fully saturated rings. The first-order valence-corrected chi connectivity index (χ1v) is 7.99. The van der Waals surface area contributed by atoms with Gasteiger partial charge in [0, 0.05) is 13.0 Å². The monoisotopic (exact) mass is 292 g/mol. The minimum atomic E-state index is -0.0730. The number of rotatable bonds is 11. The van der Waals surface area contributed by atoms with Crippen LogP contribution in [0.25, 0.3) is 0 Å². The van der Waals surface area contributed by atoms with E-state index >= 15 is 0 Å². The summed E-state index contributed by atoms with van der Waals surface area (Å²) in [6.45, 7) is 5.27. The summed E-state index contributed by atoms with van der Waals surface area (Å²) in [6, 6.07) is 10.2. The van der Waals surface area contributed by atoms with Gasteiger partial charge in [0.2, 0.25) is 0 Å². The summed E-state index contributed by atoms with van der Waals surface area (Å²) in [5.74, 6) is -0.0730. The second-order valence-corrected chi connectivity index (χ2v) is 5.59. The molecule has 0 saturated heterocycles. The van der Waals surface area contributed by atoms with Crippen molar-refractivity contribution in [2.24, 2.45) is 0 Å². The molecule has 3 heteroatoms. The van der Waals surface area contributed by atoms with Gasteiger partial charge in [-0.2, -0.15) is 0 Å². The zero-order valence-electron chi connectivity index (χ0n) is 13.3. The number of hydrogen-bond donors (Lipinski definition) is 0. The van der Waals surface area contributed by atoms with Crippen molar-refractivity contribution >= 4 is 5.97 Å². The van der Waals surface area contributed by atoms with E-state index in [0.717, 1.165) is 38.7 Å². The Hall–Kier alpha value is -1.35. The van der Waals surface area contributed by atoms with Crippen LogP contribution in [0, 0.1) is 0 Å². The molecule has 0 bridgehead atoms. The van der Waals surface area contributed by atoms with Crippen LogP contribution in [0.2, 0.25) is 0 Å². The van der Waals surface area contributed by atoms with E-state index in [0.29, 0.717) is 13.0 Å². The molecular formula is C18H28O3. The van der Waals surface area contributed by atoms with E-state index in [9.17, 15) is 4.79 Å². The van der Waals surface area contributed by atoms with Gasteiger partial charge in [0.15, 0.2) is 0 Å². The number of carbonyl (C=O) groups is 1. The molecule has 118 valence electrons. The summed E-state index contributed by atoms with van der Waals surface area (Å²) < 4.78 is 10.7. The number of unbranched alkanes of at least 4 members (excludes halogenated alkanes) is 4. The maximum absolute atomic E-state index is 11.3. The average molecular weight is 292 g/mol. The zero-order valence-corrected chi connectivity index (χ0v) is 13.3. The molecule has 1 aromatic rings. The molecule has 0 amide bonds. The highest BCUT2D eigenvalue weighted by Crippen LogP contribution is 2.08. The van der Waals surface area contributed by atoms with E-state index < -0.39 is 0 Å². The standard InChI is InChI=1S/C18H28O3/c1-16(2)21-18(19)13-9-4-3-5-10-14-20-15-17-11-7-6-8-12-17/h6-8,11-12,16H,3-5,9-10,13-15H2,1-2H3. The summed E-state index contributed by atoms with van der Waals surface area (Å²) >= 11 is 0. The van der Waals surface area contributed by atoms with Gasteiger partial charge < -0.3 is 9.47 Å². The molecule has 1 aromatic carbocycles. The van der Waals surface area contributed by atoms with E-state index in [2.05, 4.69) is 12.1 Å². The van der Waals surface area contributed by atoms with Crippen LogP contribution < -0.4 is 0 Å². The Bertz CT molecular complexity index is 373. The molecule has 0 atom stereocenters. The third-order valence-electron chi connectivity index (χ3n) is 3.15. The van der Waals surface area contributed by atoms with E-state index in [1.54, 1.807) is 0 Å². The first kappa shape index (κ1) is 17.7. The number of hydrogen-bond acceptors (Lipinski definition) is 3. The smallest absolute Gasteiger partial charge is 0.306 e. The molecule has 0 aliphatic heterocycles. The molecule has 0 N–H and O–H groups in total. The number of carbonyl (C=O) groups excluding carboxylic acids is 1. The predicted octanol–water partition coefficient (Wildman–Crippen LogP) is 4.50. The molecule has 0 spiro atoms. The Morgan fingerprint density at radius 3 is 2.38 bits per heavy atom. The van der Waals surface area contributed by atoms with Crippen molar-refractivity contribution < 1.29 is 14.3 Å². The first-order valence-electron chi connectivity index (χ1n) is 7.99. The third kappa shape index (κ3) is 10.1. The highest BCUT2D eigenvalue weighted by molar-refractivity contribution is 5.69. The normalized spacial score (nSPS) is 10.8. The molecule has 0 radical (unpaired) electrons. The van der Waals surface area contributed by atoms with Gasteiger partial charge >= 0.3 is 5.97 Å². The quantitative estimate of drug-likeness (QED) is 0.445. The summed E-state index contributed by atoms with van der Waals surface area (Å²) in [4.78, 5) is 11.3. The molecule has 0 aliphatic carbocycles. The van der Waals surface area contributed by atoms with Gasteiger partial charge in [0.05, 0.1) is 12.7 Å². The molecule has 0 saturated carbocycles. The van der Waals surface area contributed by atoms with Crippen LogP contribution in [0.15, 0.2) is 30.3 Å². The molecule has 3 nitrogen and oxygen atoms in total. The molecule has 0 aromatic heterocycles. The van der Waals surface area contributed by atoms with Crippen molar-refractivity contribution in [1.29, 1.82) is 0 Å². The van der Waals surface area contributed by atoms with Crippen LogP contribution in [0.1, 0.15) is 57.9 Å². The minimum Gasteiger partial charge on any atom is -0.463 e. The lowest BCUT2D eigenvalue weighted by atomic mass is 10.1. The summed E-state index contributed by atoms with van der Waals surface area (Å²) in [5.41, 5.74) is 1.22. The van der Waals surface area contributed by atoms with Crippen molar-refractivity contribution in [1.82, 2.24) is 0 Å². The van der Waals surface area contributed by atoms with Gasteiger partial charge in [-0.25, -0.2) is 0 Å². The van der Waals surface area contributed by atoms with Gasteiger partial charge in [0.1, 0.15) is 0 Å². The van der Waals surface area contributed by atoms with E-state index in [-0.39, 0.29) is 12.1 Å². The average Bonchev–Trinajstić information content (AvgIpc) is 2.46. The van der Waals surface area contributed by atoms with Crippen LogP contribution in [-0.2, 0) is 20.9 Å². The van der Waals surface area contributed by atoms with Crippen LogP contribution >= 0.6 is 0 Å². The highest BCUT2D eigenvalue weighted by Gasteiger charge is 2.04. The van der Waals surface area contributed by atoms with Crippen LogP contribution in [-0.4, -0.2) is 18.7 Å². The fourth-order valence-corrected chi connectivity index (χ4v) is 2.09. The van der Waals surface area contributed by atoms with Crippen LogP contribution in [0.4, 0.5) is 0 Å². The first-order chi connectivity index (χ1) is 10.2. The van der Waals surface area contributed by atoms with Crippen molar-refractivity contribution in [3.8, 4) is 0 Å². The van der Waals surface area contributed by atoms with Gasteiger partial charge in [-0.1, -0.05) is 49.6 Å². The number of esters is 1. The second-order valence-electron chi connectivity index (χ2n) is 5.59. The second kappa shape index (κ2) is 11.3. The van der Waals surface area contributed by atoms with Crippen molar-refractivity contribution in [2.75, 3.05) is 6.61 Å². The third-order valence-corrected chi connectivity index (χ3v) is 3.15. The predicted molar refractivity (Wildman–Crippen MR) is 85.0 cm³/mol. The lowest BCUT2D eigenvalue weighted by Gasteiger charge is -2.07. The Kier molecular flexibility index (Phi) is 9.55. The summed E-state index contributed by atoms with van der Waals surface area (Å²) in [5, 5.41) is 0. The Morgan fingerprint density at radius 2 is 1.67 bits per heavy atom. The summed E-state index contributed by atoms with van der Waals surface area (Å²) in [6.07, 6.45) is 5.96. The van der Waals surface area contributed by atoms with Crippen LogP contribution in [0.5, 0.6) is 0 Å². The topological polar surface area (TPSA) is 35.5 Å². The van der Waals surface area contributed by atoms with Gasteiger partial charge in [-0.3, -0.25) is 4.79 Å². The van der Waals surface area contributed by atoms with Crippen LogP contribution in [0.3, 0.4) is 0 Å². The molecule has 0 heterocycles. The lowest BCUT2D eigenvalue weighted by molar-refractivity contribution is -0.147. The van der Waals surface area contributed by atoms with E-state index in [1.165, 1.54) is 5.56 Å². The molecular weight excluding hydrogens is 264 g/mol. The van der Waals surface area contributed by atoms with Gasteiger partial charge in [-0.05, 0) is 32.3 Å². The van der Waals surface area contributed by atoms with Crippen molar-refractivity contribution in [3.05, 3.63) is 35.9 Å². The fraction of sp³-hybridized carbons (Fsp3) is 0.611. The Morgan fingerprint density at radius 1 is 1.00 bits per heavy atom. The van der Waals surface area contributed by atoms with E-state index in [4.69, 9.17) is 9.47 Å². The van der Waals surface area contributed by atoms with Gasteiger partial charge in [-0.15, -0.1) is 0 Å². The minimum absolute atomic E-state index is 0.000682. The number of benzene rings is 1. The van der Waals surface area contributed by atoms with Crippen molar-refractivity contribution in [2.45, 2.75) is 65.1 Å². The maximum Gasteiger partial charge on any atom is 0.306 e. The molecule has 0 aliphatic rings.